The van der Waals surface area contributed by atoms with Gasteiger partial charge >= 0.3 is 6.18 Å². The van der Waals surface area contributed by atoms with Crippen LogP contribution in [0.15, 0.2) is 24.3 Å². The van der Waals surface area contributed by atoms with E-state index in [0.717, 1.165) is 6.07 Å². The van der Waals surface area contributed by atoms with Crippen molar-refractivity contribution in [3.8, 4) is 11.8 Å². The first-order chi connectivity index (χ1) is 6.05. The largest absolute Gasteiger partial charge is 0.417 e. The maximum Gasteiger partial charge on any atom is 0.417 e. The van der Waals surface area contributed by atoms with Gasteiger partial charge in [-0.05, 0) is 12.1 Å². The summed E-state index contributed by atoms with van der Waals surface area (Å²) in [4.78, 5) is 0. The van der Waals surface area contributed by atoms with E-state index in [1.54, 1.807) is 0 Å². The maximum atomic E-state index is 12.3. The minimum absolute atomic E-state index is 0.0370. The van der Waals surface area contributed by atoms with E-state index in [0.29, 0.717) is 0 Å². The standard InChI is InChI=1S/C10H6F3/c1-2-5-8-6-3-4-7-9(8)10(11,12)13/h3-4,6-7H,1H2. The van der Waals surface area contributed by atoms with Crippen molar-refractivity contribution in [2.75, 3.05) is 0 Å². The Bertz CT molecular complexity index is 352. The predicted octanol–water partition coefficient (Wildman–Crippen LogP) is 2.89. The Balaban J connectivity index is 3.25. The zero-order valence-electron chi connectivity index (χ0n) is 6.65. The number of hydrogen-bond acceptors (Lipinski definition) is 0. The maximum absolute atomic E-state index is 12.3. The van der Waals surface area contributed by atoms with Crippen LogP contribution in [0.25, 0.3) is 0 Å². The molecule has 0 N–H and O–H groups in total. The highest BCUT2D eigenvalue weighted by Crippen LogP contribution is 2.31. The topological polar surface area (TPSA) is 0 Å². The summed E-state index contributed by atoms with van der Waals surface area (Å²) in [6.45, 7) is 3.18. The van der Waals surface area contributed by atoms with Crippen molar-refractivity contribution < 1.29 is 13.2 Å². The van der Waals surface area contributed by atoms with Crippen LogP contribution in [0.3, 0.4) is 0 Å². The summed E-state index contributed by atoms with van der Waals surface area (Å²) >= 11 is 0. The van der Waals surface area contributed by atoms with Gasteiger partial charge in [-0.25, -0.2) is 0 Å². The molecule has 0 fully saturated rings. The van der Waals surface area contributed by atoms with Gasteiger partial charge in [-0.15, -0.1) is 0 Å². The first kappa shape index (κ1) is 9.66. The average Bonchev–Trinajstić information content (AvgIpc) is 2.04. The van der Waals surface area contributed by atoms with Gasteiger partial charge in [0.25, 0.3) is 0 Å². The fourth-order valence-electron chi connectivity index (χ4n) is 0.935. The number of halogens is 3. The lowest BCUT2D eigenvalue weighted by molar-refractivity contribution is -0.137. The van der Waals surface area contributed by atoms with Gasteiger partial charge in [0, 0.05) is 12.5 Å². The molecule has 3 heteroatoms. The number of alkyl halides is 3. The summed E-state index contributed by atoms with van der Waals surface area (Å²) in [5.41, 5.74) is -0.754. The molecule has 0 heterocycles. The van der Waals surface area contributed by atoms with Crippen molar-refractivity contribution in [3.63, 3.8) is 0 Å². The van der Waals surface area contributed by atoms with E-state index in [9.17, 15) is 13.2 Å². The van der Waals surface area contributed by atoms with E-state index in [1.165, 1.54) is 18.2 Å². The van der Waals surface area contributed by atoms with Crippen molar-refractivity contribution in [2.24, 2.45) is 0 Å². The Morgan fingerprint density at radius 2 is 1.77 bits per heavy atom. The van der Waals surface area contributed by atoms with Crippen molar-refractivity contribution >= 4 is 0 Å². The van der Waals surface area contributed by atoms with E-state index in [2.05, 4.69) is 18.8 Å². The third kappa shape index (κ3) is 2.25. The van der Waals surface area contributed by atoms with Crippen LogP contribution in [0, 0.1) is 18.8 Å². The van der Waals surface area contributed by atoms with Crippen molar-refractivity contribution in [2.45, 2.75) is 6.18 Å². The van der Waals surface area contributed by atoms with Crippen LogP contribution < -0.4 is 0 Å². The Morgan fingerprint density at radius 1 is 1.15 bits per heavy atom. The summed E-state index contributed by atoms with van der Waals surface area (Å²) in [6, 6.07) is 5.16. The fourth-order valence-corrected chi connectivity index (χ4v) is 0.935. The van der Waals surface area contributed by atoms with E-state index in [4.69, 9.17) is 0 Å². The van der Waals surface area contributed by atoms with Crippen LogP contribution in [0.2, 0.25) is 0 Å². The molecule has 1 radical (unpaired) electrons. The molecule has 0 nitrogen and oxygen atoms in total. The molecule has 0 saturated heterocycles. The van der Waals surface area contributed by atoms with Crippen LogP contribution in [0.1, 0.15) is 11.1 Å². The smallest absolute Gasteiger partial charge is 0.166 e. The fraction of sp³-hybridized carbons (Fsp3) is 0.100. The molecule has 0 spiro atoms. The van der Waals surface area contributed by atoms with Gasteiger partial charge in [0.15, 0.2) is 0 Å². The molecule has 0 unspecified atom stereocenters. The molecule has 0 atom stereocenters. The van der Waals surface area contributed by atoms with Gasteiger partial charge in [-0.1, -0.05) is 24.0 Å². The van der Waals surface area contributed by atoms with Crippen LogP contribution in [-0.2, 0) is 6.18 Å². The molecule has 67 valence electrons. The van der Waals surface area contributed by atoms with Crippen molar-refractivity contribution in [3.05, 3.63) is 42.3 Å². The van der Waals surface area contributed by atoms with E-state index in [-0.39, 0.29) is 5.56 Å². The first-order valence-electron chi connectivity index (χ1n) is 3.50. The average molecular weight is 183 g/mol. The van der Waals surface area contributed by atoms with Crippen molar-refractivity contribution in [1.82, 2.24) is 0 Å². The summed E-state index contributed by atoms with van der Waals surface area (Å²) in [7, 11) is 0. The molecule has 0 aliphatic rings. The second-order valence-corrected chi connectivity index (χ2v) is 2.35. The zero-order valence-corrected chi connectivity index (χ0v) is 6.65. The third-order valence-electron chi connectivity index (χ3n) is 1.46. The van der Waals surface area contributed by atoms with E-state index >= 15 is 0 Å². The van der Waals surface area contributed by atoms with E-state index in [1.807, 2.05) is 0 Å². The Hall–Kier alpha value is -1.43. The SMILES string of the molecule is [CH2]C#Cc1ccccc1C(F)(F)F. The van der Waals surface area contributed by atoms with Gasteiger partial charge in [-0.2, -0.15) is 13.2 Å². The summed E-state index contributed by atoms with van der Waals surface area (Å²) in [5, 5.41) is 0. The number of benzene rings is 1. The molecule has 1 aromatic carbocycles. The zero-order chi connectivity index (χ0) is 9.90. The second kappa shape index (κ2) is 3.53. The van der Waals surface area contributed by atoms with Gasteiger partial charge in [0.2, 0.25) is 0 Å². The third-order valence-corrected chi connectivity index (χ3v) is 1.46. The summed E-state index contributed by atoms with van der Waals surface area (Å²) < 4.78 is 36.9. The minimum Gasteiger partial charge on any atom is -0.166 e. The molecule has 0 amide bonds. The molecule has 0 aromatic heterocycles. The Kier molecular flexibility index (Phi) is 2.62. The molecule has 13 heavy (non-hydrogen) atoms. The van der Waals surface area contributed by atoms with Gasteiger partial charge in [-0.3, -0.25) is 0 Å². The lowest BCUT2D eigenvalue weighted by atomic mass is 10.1. The van der Waals surface area contributed by atoms with E-state index < -0.39 is 11.7 Å². The summed E-state index contributed by atoms with van der Waals surface area (Å²) in [6.07, 6.45) is -4.35. The normalized spacial score (nSPS) is 10.5. The molecule has 0 bridgehead atoms. The van der Waals surface area contributed by atoms with Crippen LogP contribution in [0.5, 0.6) is 0 Å². The van der Waals surface area contributed by atoms with Crippen molar-refractivity contribution in [1.29, 1.82) is 0 Å². The molecule has 1 aromatic rings. The van der Waals surface area contributed by atoms with Crippen LogP contribution in [-0.4, -0.2) is 0 Å². The minimum atomic E-state index is -4.35. The van der Waals surface area contributed by atoms with Crippen LogP contribution >= 0.6 is 0 Å². The lowest BCUT2D eigenvalue weighted by Crippen LogP contribution is -2.07. The molecule has 0 aliphatic heterocycles. The lowest BCUT2D eigenvalue weighted by Gasteiger charge is -2.07. The Morgan fingerprint density at radius 3 is 2.31 bits per heavy atom. The Labute approximate surface area is 74.4 Å². The number of rotatable bonds is 0. The number of hydrogen-bond donors (Lipinski definition) is 0. The molecule has 1 rings (SSSR count). The molecular formula is C10H6F3. The predicted molar refractivity (Wildman–Crippen MR) is 43.7 cm³/mol. The van der Waals surface area contributed by atoms with Crippen LogP contribution in [0.4, 0.5) is 13.2 Å². The highest BCUT2D eigenvalue weighted by atomic mass is 19.4. The second-order valence-electron chi connectivity index (χ2n) is 2.35. The highest BCUT2D eigenvalue weighted by molar-refractivity contribution is 5.43. The van der Waals surface area contributed by atoms with Gasteiger partial charge in [0.05, 0.1) is 5.56 Å². The monoisotopic (exact) mass is 183 g/mol. The molecule has 0 saturated carbocycles. The van der Waals surface area contributed by atoms with Gasteiger partial charge in [0.1, 0.15) is 0 Å². The van der Waals surface area contributed by atoms with Gasteiger partial charge < -0.3 is 0 Å². The summed E-state index contributed by atoms with van der Waals surface area (Å²) in [5.74, 6) is 4.50. The molecular weight excluding hydrogens is 177 g/mol. The highest BCUT2D eigenvalue weighted by Gasteiger charge is 2.32. The first-order valence-corrected chi connectivity index (χ1v) is 3.50. The quantitative estimate of drug-likeness (QED) is 0.542. The molecule has 0 aliphatic carbocycles.